The number of carbonyl (C=O) groups is 1. The maximum absolute atomic E-state index is 9.99. The highest BCUT2D eigenvalue weighted by Gasteiger charge is 1.94. The summed E-state index contributed by atoms with van der Waals surface area (Å²) in [5.41, 5.74) is 0. The second-order valence-electron chi connectivity index (χ2n) is 7.67. The Balaban J connectivity index is 3.04. The fraction of sp³-hybridized carbons (Fsp3) is 0.875. The van der Waals surface area contributed by atoms with Crippen LogP contribution < -0.4 is 0 Å². The van der Waals surface area contributed by atoms with Gasteiger partial charge in [-0.15, -0.1) is 0 Å². The summed E-state index contributed by atoms with van der Waals surface area (Å²) < 4.78 is 4.69. The summed E-state index contributed by atoms with van der Waals surface area (Å²) in [6, 6.07) is 0. The van der Waals surface area contributed by atoms with E-state index in [4.69, 9.17) is 0 Å². The summed E-state index contributed by atoms with van der Waals surface area (Å²) in [5, 5.41) is 0. The van der Waals surface area contributed by atoms with Crippen LogP contribution in [0.1, 0.15) is 129 Å². The molecule has 0 unspecified atom stereocenters. The molecule has 0 atom stereocenters. The van der Waals surface area contributed by atoms with Crippen molar-refractivity contribution in [1.82, 2.24) is 0 Å². The molecular formula is C24H46O2. The van der Waals surface area contributed by atoms with E-state index in [1.165, 1.54) is 116 Å². The summed E-state index contributed by atoms with van der Waals surface area (Å²) in [7, 11) is 0. The van der Waals surface area contributed by atoms with Gasteiger partial charge in [0.2, 0.25) is 0 Å². The lowest BCUT2D eigenvalue weighted by Crippen LogP contribution is -1.91. The Hall–Kier alpha value is -0.790. The lowest BCUT2D eigenvalue weighted by atomic mass is 10.0. The smallest absolute Gasteiger partial charge is 0.293 e. The summed E-state index contributed by atoms with van der Waals surface area (Å²) >= 11 is 0. The Morgan fingerprint density at radius 2 is 0.923 bits per heavy atom. The second-order valence-corrected chi connectivity index (χ2v) is 7.67. The van der Waals surface area contributed by atoms with Gasteiger partial charge in [-0.1, -0.05) is 109 Å². The molecular weight excluding hydrogens is 320 g/mol. The first kappa shape index (κ1) is 25.2. The van der Waals surface area contributed by atoms with Gasteiger partial charge in [0, 0.05) is 0 Å². The van der Waals surface area contributed by atoms with E-state index in [-0.39, 0.29) is 0 Å². The fourth-order valence-electron chi connectivity index (χ4n) is 3.36. The first-order valence-electron chi connectivity index (χ1n) is 11.6. The second kappa shape index (κ2) is 24.2. The molecule has 0 aromatic heterocycles. The zero-order valence-corrected chi connectivity index (χ0v) is 17.7. The molecule has 26 heavy (non-hydrogen) atoms. The molecule has 0 bridgehead atoms. The van der Waals surface area contributed by atoms with E-state index in [0.717, 1.165) is 6.42 Å². The van der Waals surface area contributed by atoms with Crippen LogP contribution in [0, 0.1) is 0 Å². The van der Waals surface area contributed by atoms with Crippen molar-refractivity contribution >= 4 is 6.47 Å². The molecule has 0 aliphatic heterocycles. The van der Waals surface area contributed by atoms with Gasteiger partial charge >= 0.3 is 0 Å². The normalized spacial score (nSPS) is 11.3. The molecule has 2 heteroatoms. The van der Waals surface area contributed by atoms with Crippen molar-refractivity contribution in [3.63, 3.8) is 0 Å². The van der Waals surface area contributed by atoms with Gasteiger partial charge in [-0.05, 0) is 32.1 Å². The Labute approximate surface area is 164 Å². The summed E-state index contributed by atoms with van der Waals surface area (Å²) in [6.07, 6.45) is 30.4. The van der Waals surface area contributed by atoms with Crippen molar-refractivity contribution in [2.45, 2.75) is 129 Å². The third-order valence-corrected chi connectivity index (χ3v) is 5.09. The monoisotopic (exact) mass is 366 g/mol. The number of allylic oxidation sites excluding steroid dienone is 2. The third-order valence-electron chi connectivity index (χ3n) is 5.09. The quantitative estimate of drug-likeness (QED) is 0.110. The van der Waals surface area contributed by atoms with E-state index >= 15 is 0 Å². The van der Waals surface area contributed by atoms with Crippen LogP contribution in [0.3, 0.4) is 0 Å². The molecule has 0 N–H and O–H groups in total. The molecule has 0 saturated heterocycles. The van der Waals surface area contributed by atoms with E-state index in [2.05, 4.69) is 23.8 Å². The van der Waals surface area contributed by atoms with Crippen molar-refractivity contribution in [1.29, 1.82) is 0 Å². The minimum atomic E-state index is 0.548. The SMILES string of the molecule is CCCCCCCCC=CCCCCCCCCCCCCCOC=O. The molecule has 0 spiro atoms. The van der Waals surface area contributed by atoms with Crippen molar-refractivity contribution in [3.05, 3.63) is 12.2 Å². The van der Waals surface area contributed by atoms with Gasteiger partial charge in [-0.2, -0.15) is 0 Å². The van der Waals surface area contributed by atoms with Crippen LogP contribution in [-0.4, -0.2) is 13.1 Å². The molecule has 0 rings (SSSR count). The van der Waals surface area contributed by atoms with Crippen LogP contribution in [0.2, 0.25) is 0 Å². The van der Waals surface area contributed by atoms with Crippen molar-refractivity contribution in [2.24, 2.45) is 0 Å². The first-order chi connectivity index (χ1) is 12.9. The van der Waals surface area contributed by atoms with Gasteiger partial charge in [-0.3, -0.25) is 4.79 Å². The summed E-state index contributed by atoms with van der Waals surface area (Å²) in [6.45, 7) is 3.42. The maximum atomic E-state index is 9.99. The van der Waals surface area contributed by atoms with Gasteiger partial charge < -0.3 is 4.74 Å². The Morgan fingerprint density at radius 1 is 0.538 bits per heavy atom. The number of rotatable bonds is 22. The molecule has 154 valence electrons. The highest BCUT2D eigenvalue weighted by atomic mass is 16.5. The number of unbranched alkanes of at least 4 members (excludes halogenated alkanes) is 17. The number of hydrogen-bond donors (Lipinski definition) is 0. The fourth-order valence-corrected chi connectivity index (χ4v) is 3.36. The topological polar surface area (TPSA) is 26.3 Å². The zero-order valence-electron chi connectivity index (χ0n) is 17.7. The molecule has 0 heterocycles. The molecule has 0 amide bonds. The molecule has 0 aromatic rings. The van der Waals surface area contributed by atoms with Crippen LogP contribution >= 0.6 is 0 Å². The Morgan fingerprint density at radius 3 is 1.35 bits per heavy atom. The standard InChI is InChI=1S/C24H46O2/c1-2-3-4-5-6-7-8-9-10-11-12-13-14-15-16-17-18-19-20-21-22-23-26-24-25/h9-10,24H,2-8,11-23H2,1H3. The molecule has 0 aliphatic rings. The van der Waals surface area contributed by atoms with Crippen molar-refractivity contribution in [3.8, 4) is 0 Å². The zero-order chi connectivity index (χ0) is 19.0. The third kappa shape index (κ3) is 23.2. The van der Waals surface area contributed by atoms with Crippen LogP contribution in [0.25, 0.3) is 0 Å². The van der Waals surface area contributed by atoms with Crippen LogP contribution in [-0.2, 0) is 9.53 Å². The van der Waals surface area contributed by atoms with Gasteiger partial charge in [0.25, 0.3) is 6.47 Å². The number of hydrogen-bond acceptors (Lipinski definition) is 2. The van der Waals surface area contributed by atoms with Crippen LogP contribution in [0.15, 0.2) is 12.2 Å². The van der Waals surface area contributed by atoms with Gasteiger partial charge in [0.1, 0.15) is 0 Å². The van der Waals surface area contributed by atoms with E-state index in [1.54, 1.807) is 0 Å². The van der Waals surface area contributed by atoms with Crippen LogP contribution in [0.4, 0.5) is 0 Å². The van der Waals surface area contributed by atoms with Gasteiger partial charge in [0.15, 0.2) is 0 Å². The van der Waals surface area contributed by atoms with E-state index < -0.39 is 0 Å². The molecule has 0 saturated carbocycles. The van der Waals surface area contributed by atoms with Gasteiger partial charge in [0.05, 0.1) is 6.61 Å². The van der Waals surface area contributed by atoms with Crippen LogP contribution in [0.5, 0.6) is 0 Å². The average Bonchev–Trinajstić information content (AvgIpc) is 2.66. The highest BCUT2D eigenvalue weighted by molar-refractivity contribution is 5.36. The summed E-state index contributed by atoms with van der Waals surface area (Å²) in [5.74, 6) is 0. The summed E-state index contributed by atoms with van der Waals surface area (Å²) in [4.78, 5) is 9.99. The van der Waals surface area contributed by atoms with E-state index in [0.29, 0.717) is 13.1 Å². The largest absolute Gasteiger partial charge is 0.468 e. The molecule has 0 radical (unpaired) electrons. The molecule has 0 aromatic carbocycles. The van der Waals surface area contributed by atoms with Gasteiger partial charge in [-0.25, -0.2) is 0 Å². The lowest BCUT2D eigenvalue weighted by Gasteiger charge is -2.02. The Bertz CT molecular complexity index is 286. The first-order valence-corrected chi connectivity index (χ1v) is 11.6. The Kier molecular flexibility index (Phi) is 23.5. The van der Waals surface area contributed by atoms with E-state index in [9.17, 15) is 4.79 Å². The van der Waals surface area contributed by atoms with Crippen molar-refractivity contribution in [2.75, 3.05) is 6.61 Å². The average molecular weight is 367 g/mol. The molecule has 2 nitrogen and oxygen atoms in total. The minimum absolute atomic E-state index is 0.548. The maximum Gasteiger partial charge on any atom is 0.293 e. The number of ether oxygens (including phenoxy) is 1. The van der Waals surface area contributed by atoms with Crippen molar-refractivity contribution < 1.29 is 9.53 Å². The molecule has 0 aliphatic carbocycles. The lowest BCUT2D eigenvalue weighted by molar-refractivity contribution is -0.128. The predicted octanol–water partition coefficient (Wildman–Crippen LogP) is 8.15. The van der Waals surface area contributed by atoms with E-state index in [1.807, 2.05) is 0 Å². The number of carbonyl (C=O) groups excluding carboxylic acids is 1. The molecule has 0 fully saturated rings. The minimum Gasteiger partial charge on any atom is -0.468 e. The highest BCUT2D eigenvalue weighted by Crippen LogP contribution is 2.12. The predicted molar refractivity (Wildman–Crippen MR) is 115 cm³/mol.